The molecule has 1 aromatic carbocycles. The van der Waals surface area contributed by atoms with Crippen LogP contribution in [0.4, 0.5) is 5.69 Å². The Morgan fingerprint density at radius 1 is 1.24 bits per heavy atom. The molecule has 0 aliphatic heterocycles. The first-order valence-electron chi connectivity index (χ1n) is 6.27. The smallest absolute Gasteiger partial charge is 0.303 e. The topological polar surface area (TPSA) is 49.3 Å². The maximum Gasteiger partial charge on any atom is 0.303 e. The Bertz CT molecular complexity index is 333. The molecule has 0 atom stereocenters. The van der Waals surface area contributed by atoms with Gasteiger partial charge in [0.05, 0.1) is 0 Å². The van der Waals surface area contributed by atoms with E-state index in [1.807, 2.05) is 0 Å². The average molecular weight is 235 g/mol. The molecular weight excluding hydrogens is 214 g/mol. The molecule has 0 radical (unpaired) electrons. The lowest BCUT2D eigenvalue weighted by Gasteiger charge is -2.06. The van der Waals surface area contributed by atoms with Crippen molar-refractivity contribution in [2.45, 2.75) is 39.0 Å². The van der Waals surface area contributed by atoms with Crippen LogP contribution in [0.15, 0.2) is 24.3 Å². The van der Waals surface area contributed by atoms with Gasteiger partial charge in [0.15, 0.2) is 0 Å². The van der Waals surface area contributed by atoms with Gasteiger partial charge in [-0.05, 0) is 37.0 Å². The number of aliphatic carboxylic acids is 1. The number of rotatable bonds is 8. The summed E-state index contributed by atoms with van der Waals surface area (Å²) in [6.07, 6.45) is 4.46. The van der Waals surface area contributed by atoms with E-state index in [1.54, 1.807) is 0 Å². The second-order valence-electron chi connectivity index (χ2n) is 4.22. The fourth-order valence-electron chi connectivity index (χ4n) is 1.64. The number of carbonyl (C=O) groups is 1. The van der Waals surface area contributed by atoms with Crippen molar-refractivity contribution < 1.29 is 9.90 Å². The van der Waals surface area contributed by atoms with Crippen LogP contribution in [0.3, 0.4) is 0 Å². The number of hydrogen-bond acceptors (Lipinski definition) is 2. The van der Waals surface area contributed by atoms with Crippen molar-refractivity contribution in [3.05, 3.63) is 29.8 Å². The third-order valence-electron chi connectivity index (χ3n) is 2.67. The van der Waals surface area contributed by atoms with Crippen LogP contribution < -0.4 is 5.32 Å². The SMILES string of the molecule is CCCCc1ccc(NCCCC(=O)O)cc1. The second kappa shape index (κ2) is 7.71. The van der Waals surface area contributed by atoms with Crippen LogP contribution in [-0.4, -0.2) is 17.6 Å². The Labute approximate surface area is 103 Å². The summed E-state index contributed by atoms with van der Waals surface area (Å²) < 4.78 is 0. The lowest BCUT2D eigenvalue weighted by atomic mass is 10.1. The number of aryl methyl sites for hydroxylation is 1. The van der Waals surface area contributed by atoms with E-state index in [2.05, 4.69) is 36.5 Å². The van der Waals surface area contributed by atoms with Crippen LogP contribution in [0.5, 0.6) is 0 Å². The summed E-state index contributed by atoms with van der Waals surface area (Å²) in [6.45, 7) is 2.90. The zero-order valence-electron chi connectivity index (χ0n) is 10.4. The third kappa shape index (κ3) is 5.95. The van der Waals surface area contributed by atoms with Gasteiger partial charge in [0.1, 0.15) is 0 Å². The zero-order chi connectivity index (χ0) is 12.5. The Morgan fingerprint density at radius 3 is 2.53 bits per heavy atom. The summed E-state index contributed by atoms with van der Waals surface area (Å²) in [6, 6.07) is 8.39. The van der Waals surface area contributed by atoms with E-state index in [9.17, 15) is 4.79 Å². The molecule has 0 spiro atoms. The Kier molecular flexibility index (Phi) is 6.15. The van der Waals surface area contributed by atoms with Crippen LogP contribution in [0.1, 0.15) is 38.2 Å². The number of nitrogens with one attached hydrogen (secondary N) is 1. The van der Waals surface area contributed by atoms with Crippen molar-refractivity contribution in [1.82, 2.24) is 0 Å². The molecule has 0 aliphatic rings. The molecule has 0 saturated carbocycles. The van der Waals surface area contributed by atoms with Crippen molar-refractivity contribution in [3.8, 4) is 0 Å². The number of anilines is 1. The van der Waals surface area contributed by atoms with E-state index in [4.69, 9.17) is 5.11 Å². The molecule has 3 nitrogen and oxygen atoms in total. The summed E-state index contributed by atoms with van der Waals surface area (Å²) in [4.78, 5) is 10.3. The van der Waals surface area contributed by atoms with Crippen LogP contribution >= 0.6 is 0 Å². The highest BCUT2D eigenvalue weighted by Gasteiger charge is 1.97. The molecule has 0 aliphatic carbocycles. The molecule has 0 aromatic heterocycles. The predicted molar refractivity (Wildman–Crippen MR) is 70.4 cm³/mol. The van der Waals surface area contributed by atoms with E-state index in [0.717, 1.165) is 12.1 Å². The minimum absolute atomic E-state index is 0.224. The minimum Gasteiger partial charge on any atom is -0.481 e. The van der Waals surface area contributed by atoms with Crippen LogP contribution in [0.2, 0.25) is 0 Å². The number of benzene rings is 1. The van der Waals surface area contributed by atoms with Gasteiger partial charge in [0, 0.05) is 18.7 Å². The lowest BCUT2D eigenvalue weighted by Crippen LogP contribution is -2.04. The quantitative estimate of drug-likeness (QED) is 0.680. The van der Waals surface area contributed by atoms with Crippen molar-refractivity contribution in [2.75, 3.05) is 11.9 Å². The van der Waals surface area contributed by atoms with Crippen molar-refractivity contribution in [3.63, 3.8) is 0 Å². The average Bonchev–Trinajstić information content (AvgIpc) is 2.33. The van der Waals surface area contributed by atoms with Gasteiger partial charge >= 0.3 is 5.97 Å². The fourth-order valence-corrected chi connectivity index (χ4v) is 1.64. The number of carboxylic acids is 1. The van der Waals surface area contributed by atoms with E-state index in [1.165, 1.54) is 18.4 Å². The number of hydrogen-bond donors (Lipinski definition) is 2. The van der Waals surface area contributed by atoms with E-state index in [-0.39, 0.29) is 6.42 Å². The minimum atomic E-state index is -0.735. The zero-order valence-corrected chi connectivity index (χ0v) is 10.4. The lowest BCUT2D eigenvalue weighted by molar-refractivity contribution is -0.137. The Morgan fingerprint density at radius 2 is 1.94 bits per heavy atom. The van der Waals surface area contributed by atoms with Gasteiger partial charge in [-0.1, -0.05) is 25.5 Å². The molecule has 1 rings (SSSR count). The Balaban J connectivity index is 2.27. The van der Waals surface area contributed by atoms with Crippen LogP contribution in [-0.2, 0) is 11.2 Å². The normalized spacial score (nSPS) is 10.2. The van der Waals surface area contributed by atoms with Crippen molar-refractivity contribution >= 4 is 11.7 Å². The molecule has 0 saturated heterocycles. The summed E-state index contributed by atoms with van der Waals surface area (Å²) in [5.74, 6) is -0.735. The highest BCUT2D eigenvalue weighted by atomic mass is 16.4. The highest BCUT2D eigenvalue weighted by Crippen LogP contribution is 2.11. The van der Waals surface area contributed by atoms with Gasteiger partial charge in [-0.25, -0.2) is 0 Å². The molecular formula is C14H21NO2. The van der Waals surface area contributed by atoms with E-state index in [0.29, 0.717) is 13.0 Å². The monoisotopic (exact) mass is 235 g/mol. The van der Waals surface area contributed by atoms with Gasteiger partial charge in [0.25, 0.3) is 0 Å². The van der Waals surface area contributed by atoms with Crippen molar-refractivity contribution in [2.24, 2.45) is 0 Å². The fraction of sp³-hybridized carbons (Fsp3) is 0.500. The maximum absolute atomic E-state index is 10.3. The molecule has 0 unspecified atom stereocenters. The molecule has 0 bridgehead atoms. The van der Waals surface area contributed by atoms with Crippen molar-refractivity contribution in [1.29, 1.82) is 0 Å². The molecule has 3 heteroatoms. The highest BCUT2D eigenvalue weighted by molar-refractivity contribution is 5.66. The summed E-state index contributed by atoms with van der Waals surface area (Å²) >= 11 is 0. The molecule has 2 N–H and O–H groups in total. The first-order chi connectivity index (χ1) is 8.22. The first kappa shape index (κ1) is 13.6. The number of carboxylic acid groups (broad SMARTS) is 1. The molecule has 0 heterocycles. The number of unbranched alkanes of at least 4 members (excludes halogenated alkanes) is 1. The molecule has 17 heavy (non-hydrogen) atoms. The first-order valence-corrected chi connectivity index (χ1v) is 6.27. The van der Waals surface area contributed by atoms with E-state index >= 15 is 0 Å². The molecule has 0 amide bonds. The summed E-state index contributed by atoms with van der Waals surface area (Å²) in [5, 5.41) is 11.7. The van der Waals surface area contributed by atoms with Gasteiger partial charge < -0.3 is 10.4 Å². The predicted octanol–water partition coefficient (Wildman–Crippen LogP) is 3.31. The third-order valence-corrected chi connectivity index (χ3v) is 2.67. The molecule has 0 fully saturated rings. The van der Waals surface area contributed by atoms with Gasteiger partial charge in [-0.15, -0.1) is 0 Å². The molecule has 94 valence electrons. The molecule has 1 aromatic rings. The Hall–Kier alpha value is -1.51. The van der Waals surface area contributed by atoms with Gasteiger partial charge in [-0.2, -0.15) is 0 Å². The van der Waals surface area contributed by atoms with Gasteiger partial charge in [-0.3, -0.25) is 4.79 Å². The second-order valence-corrected chi connectivity index (χ2v) is 4.22. The summed E-state index contributed by atoms with van der Waals surface area (Å²) in [7, 11) is 0. The van der Waals surface area contributed by atoms with Gasteiger partial charge in [0.2, 0.25) is 0 Å². The van der Waals surface area contributed by atoms with E-state index < -0.39 is 5.97 Å². The largest absolute Gasteiger partial charge is 0.481 e. The van der Waals surface area contributed by atoms with Crippen LogP contribution in [0.25, 0.3) is 0 Å². The summed E-state index contributed by atoms with van der Waals surface area (Å²) in [5.41, 5.74) is 2.43. The van der Waals surface area contributed by atoms with Crippen LogP contribution in [0, 0.1) is 0 Å². The maximum atomic E-state index is 10.3. The standard InChI is InChI=1S/C14H21NO2/c1-2-3-5-12-7-9-13(10-8-12)15-11-4-6-14(16)17/h7-10,15H,2-6,11H2,1H3,(H,16,17).